The van der Waals surface area contributed by atoms with E-state index in [-0.39, 0.29) is 0 Å². The second kappa shape index (κ2) is 5.90. The Labute approximate surface area is 126 Å². The number of rotatable bonds is 5. The van der Waals surface area contributed by atoms with Gasteiger partial charge in [0.15, 0.2) is 5.82 Å². The van der Waals surface area contributed by atoms with Crippen molar-refractivity contribution in [3.8, 4) is 11.5 Å². The molecule has 0 unspecified atom stereocenters. The number of pyridine rings is 1. The molecule has 3 rings (SSSR count). The molecule has 0 aliphatic heterocycles. The van der Waals surface area contributed by atoms with E-state index in [2.05, 4.69) is 41.0 Å². The van der Waals surface area contributed by atoms with Crippen LogP contribution >= 0.6 is 0 Å². The highest BCUT2D eigenvalue weighted by molar-refractivity contribution is 5.51. The van der Waals surface area contributed by atoms with Crippen molar-refractivity contribution in [2.75, 3.05) is 6.54 Å². The highest BCUT2D eigenvalue weighted by Gasteiger charge is 2.20. The Morgan fingerprint density at radius 2 is 1.86 bits per heavy atom. The molecule has 4 heteroatoms. The highest BCUT2D eigenvalue weighted by atomic mass is 15.0. The average Bonchev–Trinajstić information content (AvgIpc) is 3.26. The van der Waals surface area contributed by atoms with Gasteiger partial charge in [-0.3, -0.25) is 4.98 Å². The smallest absolute Gasteiger partial charge is 0.178 e. The molecule has 0 saturated heterocycles. The maximum Gasteiger partial charge on any atom is 0.178 e. The van der Waals surface area contributed by atoms with Crippen LogP contribution in [0.25, 0.3) is 11.5 Å². The summed E-state index contributed by atoms with van der Waals surface area (Å²) in [5, 5.41) is 3.55. The van der Waals surface area contributed by atoms with Gasteiger partial charge >= 0.3 is 0 Å². The largest absolute Gasteiger partial charge is 0.314 e. The summed E-state index contributed by atoms with van der Waals surface area (Å²) in [6.07, 6.45) is 5.46. The first-order valence-electron chi connectivity index (χ1n) is 7.64. The van der Waals surface area contributed by atoms with Gasteiger partial charge < -0.3 is 5.32 Å². The molecule has 1 saturated carbocycles. The first kappa shape index (κ1) is 14.1. The molecule has 0 aromatic carbocycles. The first-order chi connectivity index (χ1) is 10.1. The molecule has 0 radical (unpaired) electrons. The van der Waals surface area contributed by atoms with E-state index in [4.69, 9.17) is 0 Å². The number of nitrogens with one attached hydrogen (secondary N) is 1. The molecular weight excluding hydrogens is 260 g/mol. The third-order valence-electron chi connectivity index (χ3n) is 3.95. The van der Waals surface area contributed by atoms with Crippen molar-refractivity contribution in [2.24, 2.45) is 0 Å². The van der Waals surface area contributed by atoms with Crippen LogP contribution in [0.5, 0.6) is 0 Å². The number of nitrogens with zero attached hydrogens (tertiary/aromatic N) is 3. The summed E-state index contributed by atoms with van der Waals surface area (Å²) < 4.78 is 0. The normalized spacial score (nSPS) is 14.4. The van der Waals surface area contributed by atoms with Gasteiger partial charge in [-0.2, -0.15) is 0 Å². The van der Waals surface area contributed by atoms with E-state index < -0.39 is 0 Å². The number of hydrogen-bond acceptors (Lipinski definition) is 4. The third kappa shape index (κ3) is 3.45. The summed E-state index contributed by atoms with van der Waals surface area (Å²) in [5.74, 6) is 0.729. The fourth-order valence-electron chi connectivity index (χ4n) is 2.56. The quantitative estimate of drug-likeness (QED) is 0.916. The van der Waals surface area contributed by atoms with Gasteiger partial charge in [-0.1, -0.05) is 0 Å². The van der Waals surface area contributed by atoms with E-state index in [1.165, 1.54) is 24.0 Å². The maximum atomic E-state index is 4.66. The van der Waals surface area contributed by atoms with Crippen LogP contribution in [0.3, 0.4) is 0 Å². The monoisotopic (exact) mass is 282 g/mol. The molecule has 1 fully saturated rings. The van der Waals surface area contributed by atoms with Crippen LogP contribution in [0.2, 0.25) is 0 Å². The van der Waals surface area contributed by atoms with Gasteiger partial charge in [0.1, 0.15) is 5.69 Å². The molecule has 21 heavy (non-hydrogen) atoms. The van der Waals surface area contributed by atoms with Crippen LogP contribution in [-0.2, 0) is 6.42 Å². The van der Waals surface area contributed by atoms with Crippen LogP contribution < -0.4 is 5.32 Å². The molecule has 1 aliphatic carbocycles. The van der Waals surface area contributed by atoms with Crippen molar-refractivity contribution in [2.45, 2.75) is 46.1 Å². The molecule has 0 bridgehead atoms. The van der Waals surface area contributed by atoms with Crippen molar-refractivity contribution >= 4 is 0 Å². The Hall–Kier alpha value is -1.81. The van der Waals surface area contributed by atoms with Gasteiger partial charge in [0.25, 0.3) is 0 Å². The van der Waals surface area contributed by atoms with Gasteiger partial charge in [-0.15, -0.1) is 0 Å². The lowest BCUT2D eigenvalue weighted by atomic mass is 10.1. The van der Waals surface area contributed by atoms with Crippen LogP contribution in [0.1, 0.15) is 35.4 Å². The lowest BCUT2D eigenvalue weighted by molar-refractivity contribution is 0.675. The van der Waals surface area contributed by atoms with Crippen LogP contribution in [-0.4, -0.2) is 27.5 Å². The molecule has 4 nitrogen and oxygen atoms in total. The topological polar surface area (TPSA) is 50.7 Å². The highest BCUT2D eigenvalue weighted by Crippen LogP contribution is 2.20. The number of aryl methyl sites for hydroxylation is 3. The summed E-state index contributed by atoms with van der Waals surface area (Å²) in [6.45, 7) is 7.21. The van der Waals surface area contributed by atoms with E-state index in [9.17, 15) is 0 Å². The minimum atomic E-state index is 0.729. The van der Waals surface area contributed by atoms with E-state index in [1.807, 2.05) is 18.3 Å². The van der Waals surface area contributed by atoms with E-state index in [0.717, 1.165) is 41.9 Å². The molecule has 1 N–H and O–H groups in total. The first-order valence-corrected chi connectivity index (χ1v) is 7.64. The second-order valence-electron chi connectivity index (χ2n) is 5.89. The Balaban J connectivity index is 1.81. The zero-order valence-electron chi connectivity index (χ0n) is 13.0. The predicted octanol–water partition coefficient (Wildman–Crippen LogP) is 2.76. The van der Waals surface area contributed by atoms with Crippen molar-refractivity contribution in [3.63, 3.8) is 0 Å². The SMILES string of the molecule is Cc1ccnc(-c2nc(C)c(CCNC3CC3)c(C)n2)c1. The Bertz CT molecular complexity index is 624. The summed E-state index contributed by atoms with van der Waals surface area (Å²) in [7, 11) is 0. The van der Waals surface area contributed by atoms with Gasteiger partial charge in [-0.05, 0) is 69.8 Å². The summed E-state index contributed by atoms with van der Waals surface area (Å²) in [6, 6.07) is 4.77. The van der Waals surface area contributed by atoms with Gasteiger partial charge in [0, 0.05) is 23.6 Å². The maximum absolute atomic E-state index is 4.66. The minimum Gasteiger partial charge on any atom is -0.314 e. The molecule has 2 aromatic heterocycles. The minimum absolute atomic E-state index is 0.729. The standard InChI is InChI=1S/C17H22N4/c1-11-6-8-19-16(10-11)17-20-12(2)15(13(3)21-17)7-9-18-14-4-5-14/h6,8,10,14,18H,4-5,7,9H2,1-3H3. The Morgan fingerprint density at radius 3 is 2.48 bits per heavy atom. The Kier molecular flexibility index (Phi) is 3.97. The van der Waals surface area contributed by atoms with E-state index >= 15 is 0 Å². The fraction of sp³-hybridized carbons (Fsp3) is 0.471. The zero-order chi connectivity index (χ0) is 14.8. The van der Waals surface area contributed by atoms with Gasteiger partial charge in [0.2, 0.25) is 0 Å². The molecule has 0 atom stereocenters. The molecule has 0 spiro atoms. The molecule has 0 amide bonds. The van der Waals surface area contributed by atoms with E-state index in [1.54, 1.807) is 0 Å². The van der Waals surface area contributed by atoms with E-state index in [0.29, 0.717) is 0 Å². The van der Waals surface area contributed by atoms with Crippen LogP contribution in [0, 0.1) is 20.8 Å². The molecule has 1 aliphatic rings. The number of hydrogen-bond donors (Lipinski definition) is 1. The Morgan fingerprint density at radius 1 is 1.14 bits per heavy atom. The molecule has 110 valence electrons. The number of aromatic nitrogens is 3. The molecule has 2 aromatic rings. The van der Waals surface area contributed by atoms with Crippen molar-refractivity contribution in [1.82, 2.24) is 20.3 Å². The van der Waals surface area contributed by atoms with Crippen molar-refractivity contribution in [1.29, 1.82) is 0 Å². The van der Waals surface area contributed by atoms with Gasteiger partial charge in [0.05, 0.1) is 0 Å². The zero-order valence-corrected chi connectivity index (χ0v) is 13.0. The summed E-state index contributed by atoms with van der Waals surface area (Å²) in [4.78, 5) is 13.7. The lowest BCUT2D eigenvalue weighted by Gasteiger charge is -2.11. The van der Waals surface area contributed by atoms with Gasteiger partial charge in [-0.25, -0.2) is 9.97 Å². The van der Waals surface area contributed by atoms with Crippen LogP contribution in [0.4, 0.5) is 0 Å². The predicted molar refractivity (Wildman–Crippen MR) is 84.2 cm³/mol. The molecular formula is C17H22N4. The fourth-order valence-corrected chi connectivity index (χ4v) is 2.56. The second-order valence-corrected chi connectivity index (χ2v) is 5.89. The summed E-state index contributed by atoms with van der Waals surface area (Å²) >= 11 is 0. The van der Waals surface area contributed by atoms with Crippen molar-refractivity contribution < 1.29 is 0 Å². The lowest BCUT2D eigenvalue weighted by Crippen LogP contribution is -2.20. The molecule has 2 heterocycles. The van der Waals surface area contributed by atoms with Crippen LogP contribution in [0.15, 0.2) is 18.3 Å². The van der Waals surface area contributed by atoms with Crippen molar-refractivity contribution in [3.05, 3.63) is 40.8 Å². The summed E-state index contributed by atoms with van der Waals surface area (Å²) in [5.41, 5.74) is 5.43. The third-order valence-corrected chi connectivity index (χ3v) is 3.95. The average molecular weight is 282 g/mol.